The molecule has 16 heavy (non-hydrogen) atoms. The summed E-state index contributed by atoms with van der Waals surface area (Å²) in [6.07, 6.45) is 7.39. The van der Waals surface area contributed by atoms with Crippen LogP contribution in [-0.2, 0) is 4.79 Å². The minimum Gasteiger partial charge on any atom is -0.481 e. The molecule has 1 fully saturated rings. The number of allylic oxidation sites excluding steroid dienone is 3. The molecule has 1 saturated carbocycles. The Morgan fingerprint density at radius 2 is 2.50 bits per heavy atom. The number of hydrogen-bond acceptors (Lipinski definition) is 2. The molecule has 0 bridgehead atoms. The molecule has 3 N–H and O–H groups in total. The molecule has 2 rings (SSSR count). The SMILES string of the molecule is C=CCC1=C[C@H]2[C@H](C1)C[C@@]2(CN)CC(=O)O. The lowest BCUT2D eigenvalue weighted by Crippen LogP contribution is -2.51. The van der Waals surface area contributed by atoms with Gasteiger partial charge < -0.3 is 10.8 Å². The molecule has 0 saturated heterocycles. The first-order valence-electron chi connectivity index (χ1n) is 5.83. The van der Waals surface area contributed by atoms with E-state index in [1.165, 1.54) is 5.57 Å². The summed E-state index contributed by atoms with van der Waals surface area (Å²) in [4.78, 5) is 10.9. The zero-order chi connectivity index (χ0) is 11.8. The minimum atomic E-state index is -0.727. The summed E-state index contributed by atoms with van der Waals surface area (Å²) >= 11 is 0. The topological polar surface area (TPSA) is 63.3 Å². The molecule has 3 heteroatoms. The minimum absolute atomic E-state index is 0.167. The summed E-state index contributed by atoms with van der Waals surface area (Å²) in [5, 5.41) is 8.94. The molecule has 0 spiro atoms. The van der Waals surface area contributed by atoms with Crippen LogP contribution in [0, 0.1) is 17.3 Å². The van der Waals surface area contributed by atoms with Gasteiger partial charge in [-0.15, -0.1) is 6.58 Å². The number of aliphatic carboxylic acids is 1. The fraction of sp³-hybridized carbons (Fsp3) is 0.615. The lowest BCUT2D eigenvalue weighted by molar-refractivity contribution is -0.144. The largest absolute Gasteiger partial charge is 0.481 e. The predicted octanol–water partition coefficient (Wildman–Crippen LogP) is 1.95. The van der Waals surface area contributed by atoms with Crippen LogP contribution in [0.1, 0.15) is 25.7 Å². The maximum Gasteiger partial charge on any atom is 0.303 e. The Morgan fingerprint density at radius 3 is 3.06 bits per heavy atom. The molecule has 0 amide bonds. The Bertz CT molecular complexity index is 348. The van der Waals surface area contributed by atoms with Crippen molar-refractivity contribution in [3.63, 3.8) is 0 Å². The molecular formula is C13H19NO2. The Morgan fingerprint density at radius 1 is 1.75 bits per heavy atom. The van der Waals surface area contributed by atoms with Crippen LogP contribution in [-0.4, -0.2) is 17.6 Å². The van der Waals surface area contributed by atoms with Gasteiger partial charge in [0.1, 0.15) is 0 Å². The van der Waals surface area contributed by atoms with Crippen molar-refractivity contribution in [1.29, 1.82) is 0 Å². The molecular weight excluding hydrogens is 202 g/mol. The monoisotopic (exact) mass is 221 g/mol. The average Bonchev–Trinajstić information content (AvgIpc) is 2.54. The number of rotatable bonds is 5. The molecule has 3 nitrogen and oxygen atoms in total. The van der Waals surface area contributed by atoms with Crippen molar-refractivity contribution in [2.24, 2.45) is 23.0 Å². The Labute approximate surface area is 96.0 Å². The van der Waals surface area contributed by atoms with Crippen LogP contribution in [0.4, 0.5) is 0 Å². The van der Waals surface area contributed by atoms with Crippen LogP contribution in [0.3, 0.4) is 0 Å². The highest BCUT2D eigenvalue weighted by atomic mass is 16.4. The van der Waals surface area contributed by atoms with Crippen LogP contribution in [0.15, 0.2) is 24.3 Å². The van der Waals surface area contributed by atoms with Gasteiger partial charge in [-0.25, -0.2) is 0 Å². The normalized spacial score (nSPS) is 36.2. The molecule has 0 aliphatic heterocycles. The van der Waals surface area contributed by atoms with Gasteiger partial charge >= 0.3 is 5.97 Å². The van der Waals surface area contributed by atoms with Crippen LogP contribution in [0.5, 0.6) is 0 Å². The lowest BCUT2D eigenvalue weighted by atomic mass is 9.53. The summed E-state index contributed by atoms with van der Waals surface area (Å²) in [7, 11) is 0. The quantitative estimate of drug-likeness (QED) is 0.697. The lowest BCUT2D eigenvalue weighted by Gasteiger charge is -2.51. The van der Waals surface area contributed by atoms with Crippen molar-refractivity contribution in [1.82, 2.24) is 0 Å². The van der Waals surface area contributed by atoms with E-state index in [0.29, 0.717) is 18.4 Å². The van der Waals surface area contributed by atoms with Crippen molar-refractivity contribution in [2.75, 3.05) is 6.54 Å². The van der Waals surface area contributed by atoms with E-state index in [2.05, 4.69) is 12.7 Å². The Hall–Kier alpha value is -1.09. The van der Waals surface area contributed by atoms with Gasteiger partial charge in [-0.1, -0.05) is 17.7 Å². The number of hydrogen-bond donors (Lipinski definition) is 2. The van der Waals surface area contributed by atoms with Crippen molar-refractivity contribution in [3.05, 3.63) is 24.3 Å². The first-order valence-corrected chi connectivity index (χ1v) is 5.83. The van der Waals surface area contributed by atoms with Crippen LogP contribution in [0.25, 0.3) is 0 Å². The van der Waals surface area contributed by atoms with Gasteiger partial charge in [0.25, 0.3) is 0 Å². The van der Waals surface area contributed by atoms with Gasteiger partial charge in [-0.3, -0.25) is 4.79 Å². The summed E-state index contributed by atoms with van der Waals surface area (Å²) in [6.45, 7) is 4.22. The second kappa shape index (κ2) is 4.06. The van der Waals surface area contributed by atoms with Crippen LogP contribution >= 0.6 is 0 Å². The smallest absolute Gasteiger partial charge is 0.303 e. The molecule has 0 unspecified atom stereocenters. The van der Waals surface area contributed by atoms with E-state index in [1.807, 2.05) is 6.08 Å². The van der Waals surface area contributed by atoms with Crippen LogP contribution < -0.4 is 5.73 Å². The highest BCUT2D eigenvalue weighted by molar-refractivity contribution is 5.68. The molecule has 2 aliphatic carbocycles. The standard InChI is InChI=1S/C13H19NO2/c1-2-3-9-4-10-6-13(8-14,7-12(15)16)11(10)5-9/h2,5,10-11H,1,3-4,6-8,14H2,(H,15,16)/t10-,11+,13+/m1/s1. The number of fused-ring (bicyclic) bond motifs is 1. The fourth-order valence-electron chi connectivity index (χ4n) is 3.42. The molecule has 0 aromatic heterocycles. The van der Waals surface area contributed by atoms with E-state index in [4.69, 9.17) is 10.8 Å². The predicted molar refractivity (Wildman–Crippen MR) is 62.9 cm³/mol. The zero-order valence-electron chi connectivity index (χ0n) is 9.48. The summed E-state index contributed by atoms with van der Waals surface area (Å²) < 4.78 is 0. The molecule has 0 aromatic carbocycles. The Kier molecular flexibility index (Phi) is 2.89. The third-order valence-electron chi connectivity index (χ3n) is 4.14. The maximum atomic E-state index is 10.9. The fourth-order valence-corrected chi connectivity index (χ4v) is 3.42. The number of carboxylic acid groups (broad SMARTS) is 1. The highest BCUT2D eigenvalue weighted by Gasteiger charge is 2.54. The van der Waals surface area contributed by atoms with Gasteiger partial charge in [-0.2, -0.15) is 0 Å². The second-order valence-electron chi connectivity index (χ2n) is 5.15. The van der Waals surface area contributed by atoms with Gasteiger partial charge in [0.15, 0.2) is 0 Å². The molecule has 3 atom stereocenters. The van der Waals surface area contributed by atoms with Crippen molar-refractivity contribution in [2.45, 2.75) is 25.7 Å². The van der Waals surface area contributed by atoms with Gasteiger partial charge in [0, 0.05) is 0 Å². The van der Waals surface area contributed by atoms with E-state index < -0.39 is 5.97 Å². The molecule has 0 radical (unpaired) electrons. The maximum absolute atomic E-state index is 10.9. The van der Waals surface area contributed by atoms with Crippen molar-refractivity contribution in [3.8, 4) is 0 Å². The van der Waals surface area contributed by atoms with Gasteiger partial charge in [0.05, 0.1) is 6.42 Å². The first kappa shape index (κ1) is 11.4. The third kappa shape index (κ3) is 1.69. The van der Waals surface area contributed by atoms with Gasteiger partial charge in [-0.05, 0) is 43.1 Å². The van der Waals surface area contributed by atoms with E-state index in [0.717, 1.165) is 19.3 Å². The zero-order valence-corrected chi connectivity index (χ0v) is 9.48. The Balaban J connectivity index is 2.10. The van der Waals surface area contributed by atoms with E-state index in [9.17, 15) is 4.79 Å². The summed E-state index contributed by atoms with van der Waals surface area (Å²) in [5.41, 5.74) is 7.02. The van der Waals surface area contributed by atoms with E-state index >= 15 is 0 Å². The number of carboxylic acids is 1. The van der Waals surface area contributed by atoms with Gasteiger partial charge in [0.2, 0.25) is 0 Å². The molecule has 0 aromatic rings. The molecule has 0 heterocycles. The molecule has 2 aliphatic rings. The first-order chi connectivity index (χ1) is 7.61. The van der Waals surface area contributed by atoms with Crippen molar-refractivity contribution >= 4 is 5.97 Å². The highest BCUT2D eigenvalue weighted by Crippen LogP contribution is 2.59. The number of nitrogens with two attached hydrogens (primary N) is 1. The number of carbonyl (C=O) groups is 1. The summed E-state index contributed by atoms with van der Waals surface area (Å²) in [5.74, 6) is 0.302. The average molecular weight is 221 g/mol. The van der Waals surface area contributed by atoms with E-state index in [-0.39, 0.29) is 11.8 Å². The third-order valence-corrected chi connectivity index (χ3v) is 4.14. The summed E-state index contributed by atoms with van der Waals surface area (Å²) in [6, 6.07) is 0. The van der Waals surface area contributed by atoms with E-state index in [1.54, 1.807) is 0 Å². The van der Waals surface area contributed by atoms with Crippen LogP contribution in [0.2, 0.25) is 0 Å². The van der Waals surface area contributed by atoms with Crippen molar-refractivity contribution < 1.29 is 9.90 Å². The second-order valence-corrected chi connectivity index (χ2v) is 5.15. The molecule has 88 valence electrons.